The van der Waals surface area contributed by atoms with Gasteiger partial charge in [-0.1, -0.05) is 55.7 Å². The summed E-state index contributed by atoms with van der Waals surface area (Å²) in [5, 5.41) is 2.83. The molecule has 0 heterocycles. The molecule has 0 aliphatic heterocycles. The van der Waals surface area contributed by atoms with Gasteiger partial charge in [0.25, 0.3) is 5.91 Å². The minimum atomic E-state index is -3.82. The summed E-state index contributed by atoms with van der Waals surface area (Å²) < 4.78 is 54.6. The molecule has 10 heteroatoms. The number of aryl methyl sites for hydroxylation is 1. The van der Waals surface area contributed by atoms with Crippen molar-refractivity contribution in [1.29, 1.82) is 0 Å². The van der Waals surface area contributed by atoms with Gasteiger partial charge in [0.15, 0.2) is 0 Å². The van der Waals surface area contributed by atoms with Gasteiger partial charge in [0.1, 0.15) is 0 Å². The molecule has 3 N–H and O–H groups in total. The van der Waals surface area contributed by atoms with Crippen molar-refractivity contribution in [1.82, 2.24) is 14.8 Å². The molecule has 0 aromatic heterocycles. The summed E-state index contributed by atoms with van der Waals surface area (Å²) in [6, 6.07) is 13.6. The molecule has 1 fully saturated rings. The van der Waals surface area contributed by atoms with Crippen LogP contribution in [-0.2, 0) is 26.6 Å². The molecule has 1 aliphatic carbocycles. The standard InChI is InChI=1S/C23H31N3O5S2/c1-18-11-12-20(33(30,31)25-16-19-9-5-3-6-10-19)15-21(18)22(27)24-17-23(26-32(2,28)29)13-7-4-8-14-23/h3,5-6,9-12,15,25-26H,4,7-8,13-14,16-17H2,1-2H3,(H,24,27). The lowest BCUT2D eigenvalue weighted by Crippen LogP contribution is -2.56. The molecule has 0 spiro atoms. The Labute approximate surface area is 196 Å². The van der Waals surface area contributed by atoms with E-state index in [0.717, 1.165) is 31.1 Å². The molecule has 1 aliphatic rings. The lowest BCUT2D eigenvalue weighted by molar-refractivity contribution is 0.0933. The quantitative estimate of drug-likeness (QED) is 0.495. The van der Waals surface area contributed by atoms with E-state index in [-0.39, 0.29) is 23.5 Å². The van der Waals surface area contributed by atoms with Gasteiger partial charge >= 0.3 is 0 Å². The number of amides is 1. The van der Waals surface area contributed by atoms with E-state index < -0.39 is 31.5 Å². The molecule has 0 unspecified atom stereocenters. The van der Waals surface area contributed by atoms with Crippen LogP contribution in [0.4, 0.5) is 0 Å². The fraction of sp³-hybridized carbons (Fsp3) is 0.435. The molecule has 0 radical (unpaired) electrons. The van der Waals surface area contributed by atoms with Crippen LogP contribution in [0.15, 0.2) is 53.4 Å². The summed E-state index contributed by atoms with van der Waals surface area (Å²) in [7, 11) is -7.27. The van der Waals surface area contributed by atoms with E-state index >= 15 is 0 Å². The molecule has 0 atom stereocenters. The monoisotopic (exact) mass is 493 g/mol. The second-order valence-electron chi connectivity index (χ2n) is 8.68. The van der Waals surface area contributed by atoms with Crippen LogP contribution in [0.5, 0.6) is 0 Å². The van der Waals surface area contributed by atoms with Crippen molar-refractivity contribution in [3.63, 3.8) is 0 Å². The highest BCUT2D eigenvalue weighted by atomic mass is 32.2. The third-order valence-electron chi connectivity index (χ3n) is 5.87. The van der Waals surface area contributed by atoms with Gasteiger partial charge in [0.2, 0.25) is 20.0 Å². The number of rotatable bonds is 9. The second kappa shape index (κ2) is 10.3. The molecule has 1 amide bonds. The van der Waals surface area contributed by atoms with Gasteiger partial charge in [0.05, 0.1) is 16.7 Å². The minimum Gasteiger partial charge on any atom is -0.350 e. The number of sulfonamides is 2. The van der Waals surface area contributed by atoms with Gasteiger partial charge in [-0.2, -0.15) is 0 Å². The normalized spacial score (nSPS) is 16.3. The molecule has 3 rings (SSSR count). The third-order valence-corrected chi connectivity index (χ3v) is 8.08. The highest BCUT2D eigenvalue weighted by Gasteiger charge is 2.35. The highest BCUT2D eigenvalue weighted by Crippen LogP contribution is 2.28. The van der Waals surface area contributed by atoms with Gasteiger partial charge in [0, 0.05) is 18.7 Å². The summed E-state index contributed by atoms with van der Waals surface area (Å²) >= 11 is 0. The molecule has 2 aromatic rings. The van der Waals surface area contributed by atoms with E-state index in [0.29, 0.717) is 18.4 Å². The van der Waals surface area contributed by atoms with Gasteiger partial charge in [-0.05, 0) is 43.0 Å². The number of carbonyl (C=O) groups excluding carboxylic acids is 1. The zero-order chi connectivity index (χ0) is 24.1. The molecule has 0 bridgehead atoms. The van der Waals surface area contributed by atoms with E-state index in [2.05, 4.69) is 14.8 Å². The molecular formula is C23H31N3O5S2. The maximum Gasteiger partial charge on any atom is 0.251 e. The average Bonchev–Trinajstić information content (AvgIpc) is 2.76. The van der Waals surface area contributed by atoms with Crippen LogP contribution in [-0.4, -0.2) is 41.1 Å². The topological polar surface area (TPSA) is 121 Å². The minimum absolute atomic E-state index is 0.00387. The number of carbonyl (C=O) groups is 1. The Kier molecular flexibility index (Phi) is 7.94. The first-order valence-electron chi connectivity index (χ1n) is 10.9. The largest absolute Gasteiger partial charge is 0.350 e. The van der Waals surface area contributed by atoms with Crippen LogP contribution in [0.25, 0.3) is 0 Å². The summed E-state index contributed by atoms with van der Waals surface area (Å²) in [6.45, 7) is 2.01. The van der Waals surface area contributed by atoms with Crippen molar-refractivity contribution in [2.24, 2.45) is 0 Å². The Morgan fingerprint density at radius 2 is 1.64 bits per heavy atom. The van der Waals surface area contributed by atoms with Crippen molar-refractivity contribution in [3.8, 4) is 0 Å². The van der Waals surface area contributed by atoms with Crippen molar-refractivity contribution in [2.75, 3.05) is 12.8 Å². The average molecular weight is 494 g/mol. The maximum absolute atomic E-state index is 13.0. The summed E-state index contributed by atoms with van der Waals surface area (Å²) in [4.78, 5) is 13.0. The molecule has 8 nitrogen and oxygen atoms in total. The van der Waals surface area contributed by atoms with Crippen molar-refractivity contribution in [3.05, 3.63) is 65.2 Å². The number of benzene rings is 2. The summed E-state index contributed by atoms with van der Waals surface area (Å²) in [5.41, 5.74) is 0.963. The Morgan fingerprint density at radius 1 is 0.970 bits per heavy atom. The van der Waals surface area contributed by atoms with Gasteiger partial charge in [-0.25, -0.2) is 26.3 Å². The summed E-state index contributed by atoms with van der Waals surface area (Å²) in [6.07, 6.45) is 5.16. The SMILES string of the molecule is Cc1ccc(S(=O)(=O)NCc2ccccc2)cc1C(=O)NCC1(NS(C)(=O)=O)CCCCC1. The van der Waals surface area contributed by atoms with E-state index in [1.165, 1.54) is 12.1 Å². The fourth-order valence-corrected chi connectivity index (χ4v) is 6.26. The summed E-state index contributed by atoms with van der Waals surface area (Å²) in [5.74, 6) is -0.437. The number of hydrogen-bond donors (Lipinski definition) is 3. The van der Waals surface area contributed by atoms with E-state index in [9.17, 15) is 21.6 Å². The van der Waals surface area contributed by atoms with E-state index in [1.807, 2.05) is 30.3 Å². The smallest absolute Gasteiger partial charge is 0.251 e. The van der Waals surface area contributed by atoms with Crippen LogP contribution in [0.2, 0.25) is 0 Å². The molecule has 2 aromatic carbocycles. The van der Waals surface area contributed by atoms with Crippen LogP contribution in [0.1, 0.15) is 53.6 Å². The van der Waals surface area contributed by atoms with Crippen molar-refractivity contribution >= 4 is 26.0 Å². The van der Waals surface area contributed by atoms with Gasteiger partial charge in [-0.3, -0.25) is 4.79 Å². The molecule has 0 saturated heterocycles. The first-order valence-corrected chi connectivity index (χ1v) is 14.3. The van der Waals surface area contributed by atoms with Gasteiger partial charge in [-0.15, -0.1) is 0 Å². The Balaban J connectivity index is 1.74. The zero-order valence-corrected chi connectivity index (χ0v) is 20.6. The lowest BCUT2D eigenvalue weighted by atomic mass is 9.82. The van der Waals surface area contributed by atoms with Crippen molar-refractivity contribution < 1.29 is 21.6 Å². The molecule has 33 heavy (non-hydrogen) atoms. The molecule has 1 saturated carbocycles. The van der Waals surface area contributed by atoms with Crippen LogP contribution < -0.4 is 14.8 Å². The van der Waals surface area contributed by atoms with Gasteiger partial charge < -0.3 is 5.32 Å². The number of nitrogens with one attached hydrogen (secondary N) is 3. The third kappa shape index (κ3) is 7.10. The predicted molar refractivity (Wildman–Crippen MR) is 128 cm³/mol. The first-order chi connectivity index (χ1) is 15.5. The Morgan fingerprint density at radius 3 is 2.27 bits per heavy atom. The number of hydrogen-bond acceptors (Lipinski definition) is 5. The van der Waals surface area contributed by atoms with E-state index in [1.54, 1.807) is 13.0 Å². The van der Waals surface area contributed by atoms with Crippen LogP contribution in [0, 0.1) is 6.92 Å². The molecular weight excluding hydrogens is 462 g/mol. The highest BCUT2D eigenvalue weighted by molar-refractivity contribution is 7.89. The molecule has 180 valence electrons. The zero-order valence-electron chi connectivity index (χ0n) is 18.9. The van der Waals surface area contributed by atoms with Crippen LogP contribution >= 0.6 is 0 Å². The van der Waals surface area contributed by atoms with Crippen LogP contribution in [0.3, 0.4) is 0 Å². The Bertz CT molecular complexity index is 1190. The fourth-order valence-electron chi connectivity index (χ4n) is 4.15. The maximum atomic E-state index is 13.0. The second-order valence-corrected chi connectivity index (χ2v) is 12.2. The Hall–Kier alpha value is -2.27. The van der Waals surface area contributed by atoms with Crippen molar-refractivity contribution in [2.45, 2.75) is 56.0 Å². The first kappa shape index (κ1) is 25.4. The lowest BCUT2D eigenvalue weighted by Gasteiger charge is -2.37. The van der Waals surface area contributed by atoms with E-state index in [4.69, 9.17) is 0 Å². The predicted octanol–water partition coefficient (Wildman–Crippen LogP) is 2.46.